The summed E-state index contributed by atoms with van der Waals surface area (Å²) in [5.74, 6) is -2.28. The monoisotopic (exact) mass is 1250 g/mol. The Kier molecular flexibility index (Phi) is 23.3. The van der Waals surface area contributed by atoms with E-state index in [9.17, 15) is 49.3 Å². The molecule has 29 nitrogen and oxygen atoms in total. The van der Waals surface area contributed by atoms with E-state index in [1.807, 2.05) is 0 Å². The summed E-state index contributed by atoms with van der Waals surface area (Å²) in [4.78, 5) is 29.3. The van der Waals surface area contributed by atoms with Gasteiger partial charge < -0.3 is 29.0 Å². The average molecular weight is 1250 g/mol. The number of aromatic nitrogens is 4. The van der Waals surface area contributed by atoms with Gasteiger partial charge in [0.25, 0.3) is 5.91 Å². The van der Waals surface area contributed by atoms with Crippen LogP contribution in [0.5, 0.6) is 0 Å². The number of nitrogens with one attached hydrogen (secondary N) is 1. The Morgan fingerprint density at radius 1 is 0.667 bits per heavy atom. The highest BCUT2D eigenvalue weighted by Gasteiger charge is 2.60. The Morgan fingerprint density at radius 2 is 1.20 bits per heavy atom. The van der Waals surface area contributed by atoms with Crippen molar-refractivity contribution < 1.29 is 94.6 Å². The van der Waals surface area contributed by atoms with Gasteiger partial charge in [0.2, 0.25) is 0 Å². The van der Waals surface area contributed by atoms with E-state index in [0.29, 0.717) is 16.7 Å². The molecule has 12 atom stereocenters. The molecule has 0 aliphatic carbocycles. The third-order valence-corrected chi connectivity index (χ3v) is 16.8. The van der Waals surface area contributed by atoms with Crippen molar-refractivity contribution in [2.45, 2.75) is 68.5 Å². The molecule has 0 bridgehead atoms. The molecule has 2 aliphatic rings. The van der Waals surface area contributed by atoms with Gasteiger partial charge in [0, 0.05) is 42.9 Å². The lowest BCUT2D eigenvalue weighted by atomic mass is 9.98. The maximum atomic E-state index is 13.9. The van der Waals surface area contributed by atoms with Gasteiger partial charge in [0.1, 0.15) is 74.0 Å². The maximum absolute atomic E-state index is 13.9. The van der Waals surface area contributed by atoms with Crippen LogP contribution < -0.4 is 5.32 Å². The molecule has 35 heteroatoms. The largest absolute Gasteiger partial charge is 0.697 e. The minimum atomic E-state index is -3.65. The van der Waals surface area contributed by atoms with E-state index in [-0.39, 0.29) is 30.2 Å². The number of carbonyl (C=O) groups is 1. The molecule has 5 aromatic rings. The molecule has 0 saturated carbocycles. The normalized spacial score (nSPS) is 22.9. The lowest BCUT2D eigenvalue weighted by Gasteiger charge is -2.42. The van der Waals surface area contributed by atoms with Crippen LogP contribution in [0, 0.1) is 0 Å². The summed E-state index contributed by atoms with van der Waals surface area (Å²) in [6.45, 7) is -3.14. The van der Waals surface area contributed by atoms with Crippen molar-refractivity contribution >= 4 is 77.2 Å². The van der Waals surface area contributed by atoms with E-state index in [0.717, 1.165) is 25.1 Å². The van der Waals surface area contributed by atoms with E-state index in [1.54, 1.807) is 91.0 Å². The Morgan fingerprint density at radius 3 is 1.75 bits per heavy atom. The number of anilines is 1. The van der Waals surface area contributed by atoms with Gasteiger partial charge in [-0.3, -0.25) is 9.36 Å². The first-order chi connectivity index (χ1) is 38.6. The highest BCUT2D eigenvalue weighted by atomic mass is 32.2. The Labute approximate surface area is 467 Å². The van der Waals surface area contributed by atoms with Crippen molar-refractivity contribution in [2.75, 3.05) is 74.3 Å². The van der Waals surface area contributed by atoms with Crippen molar-refractivity contribution in [1.82, 2.24) is 19.5 Å². The molecule has 0 spiro atoms. The zero-order chi connectivity index (χ0) is 58.2. The fraction of sp³-hybridized carbons (Fsp3) is 0.478. The zero-order valence-electron chi connectivity index (χ0n) is 43.4. The summed E-state index contributed by atoms with van der Waals surface area (Å²) in [6, 6.07) is 25.6. The van der Waals surface area contributed by atoms with Crippen LogP contribution in [0.15, 0.2) is 109 Å². The molecule has 81 heavy (non-hydrogen) atoms. The molecule has 7 rings (SSSR count). The highest BCUT2D eigenvalue weighted by Crippen LogP contribution is 2.45. The topological polar surface area (TPSA) is 377 Å². The fourth-order valence-electron chi connectivity index (χ4n) is 7.88. The summed E-state index contributed by atoms with van der Waals surface area (Å²) in [5.41, 5.74) is 11.2. The Bertz CT molecular complexity index is 3360. The summed E-state index contributed by atoms with van der Waals surface area (Å²) in [7, 11) is -20.8. The van der Waals surface area contributed by atoms with Gasteiger partial charge >= 0.3 is 24.8 Å². The smallest absolute Gasteiger partial charge is 0.374 e. The number of amides is 1. The third kappa shape index (κ3) is 19.7. The van der Waals surface area contributed by atoms with E-state index in [1.165, 1.54) is 10.9 Å². The predicted octanol–water partition coefficient (Wildman–Crippen LogP) is 5.51. The predicted molar refractivity (Wildman–Crippen MR) is 287 cm³/mol. The van der Waals surface area contributed by atoms with Crippen molar-refractivity contribution in [1.29, 1.82) is 0 Å². The van der Waals surface area contributed by atoms with Crippen molar-refractivity contribution in [3.05, 3.63) is 131 Å². The van der Waals surface area contributed by atoms with Crippen LogP contribution >= 0.6 is 24.8 Å². The van der Waals surface area contributed by atoms with Crippen LogP contribution in [0.25, 0.3) is 21.6 Å². The van der Waals surface area contributed by atoms with E-state index >= 15 is 0 Å². The molecule has 2 aromatic heterocycles. The Hall–Kier alpha value is -5.30. The van der Waals surface area contributed by atoms with Crippen LogP contribution in [0.1, 0.15) is 27.7 Å². The SMILES string of the molecule is CS(=O)(=O)CCO[P+](=O)O[C@@H]1[C@@H](OCc2ccccc2)[C@@H](O[C@H]2[C@@H](O[P+](=O)OCCS(C)(=O)=O)[C@H](n3cnc4c(NC(=O)c5ccccc5)ncnc43)O[C@@H]2CN=[N+]=[N-])O[C@H](COCc2ccccc2)[C@H]1O[P+](=O)OCCS(C)(=O)=O. The Balaban J connectivity index is 1.32. The van der Waals surface area contributed by atoms with Gasteiger partial charge in [0.15, 0.2) is 47.8 Å². The van der Waals surface area contributed by atoms with E-state index < -0.39 is 166 Å². The number of hydrogen-bond donors (Lipinski definition) is 1. The number of sulfone groups is 3. The lowest BCUT2D eigenvalue weighted by molar-refractivity contribution is -0.321. The fourth-order valence-corrected chi connectivity index (χ4v) is 11.6. The van der Waals surface area contributed by atoms with Gasteiger partial charge in [-0.05, 0) is 28.8 Å². The highest BCUT2D eigenvalue weighted by molar-refractivity contribution is 7.91. The molecule has 2 fully saturated rings. The van der Waals surface area contributed by atoms with Crippen molar-refractivity contribution in [3.8, 4) is 0 Å². The summed E-state index contributed by atoms with van der Waals surface area (Å²) in [6.07, 6.45) is -9.59. The number of rotatable bonds is 32. The van der Waals surface area contributed by atoms with Crippen LogP contribution in [0.3, 0.4) is 0 Å². The van der Waals surface area contributed by atoms with Crippen LogP contribution in [0.2, 0.25) is 0 Å². The van der Waals surface area contributed by atoms with Crippen LogP contribution in [0.4, 0.5) is 5.82 Å². The third-order valence-electron chi connectivity index (χ3n) is 11.6. The maximum Gasteiger partial charge on any atom is 0.697 e. The van der Waals surface area contributed by atoms with Gasteiger partial charge in [-0.1, -0.05) is 84.0 Å². The van der Waals surface area contributed by atoms with Crippen LogP contribution in [-0.2, 0) is 107 Å². The molecule has 2 saturated heterocycles. The molecule has 2 aliphatic heterocycles. The second-order valence-electron chi connectivity index (χ2n) is 18.0. The number of ether oxygens (including phenoxy) is 5. The van der Waals surface area contributed by atoms with E-state index in [2.05, 4.69) is 30.3 Å². The number of imidazole rings is 1. The van der Waals surface area contributed by atoms with Gasteiger partial charge in [-0.2, -0.15) is 0 Å². The first kappa shape index (κ1) is 63.3. The minimum absolute atomic E-state index is 0.0120. The van der Waals surface area contributed by atoms with Crippen molar-refractivity contribution in [2.24, 2.45) is 5.11 Å². The lowest BCUT2D eigenvalue weighted by Crippen LogP contribution is -2.62. The quantitative estimate of drug-likeness (QED) is 0.0240. The van der Waals surface area contributed by atoms with Gasteiger partial charge in [-0.25, -0.2) is 40.2 Å². The molecule has 1 N–H and O–H groups in total. The second-order valence-corrected chi connectivity index (χ2v) is 27.5. The number of carbonyl (C=O) groups excluding carboxylic acids is 1. The molecule has 3 unspecified atom stereocenters. The molecular weight excluding hydrogens is 1190 g/mol. The molecule has 4 heterocycles. The minimum Gasteiger partial charge on any atom is -0.374 e. The standard InChI is InChI=1S/C46H55N8O21P3S3/c1-79(59,60)22-19-67-76(56)73-38-35(28-65-26-31-13-7-4-8-14-31)71-46(41(66-27-32-15-9-5-10-16-32)39(38)74-77(57)68-20-23-80(2,61)62)72-37-34(25-51-53-47)70-45(40(37)75-78(58)69-21-24-81(3,63)64)54-30-50-36-42(48-29-49-43(36)54)52-44(55)33-17-11-6-12-18-33/h4-18,29-30,34-35,37-41,45-46H,19-28H2,1-3H3/q+2/p+1/t34-,35-,37-,38-,39+,40-,41-,45-,46-/m1/s1. The van der Waals surface area contributed by atoms with Crippen molar-refractivity contribution in [3.63, 3.8) is 0 Å². The van der Waals surface area contributed by atoms with Gasteiger partial charge in [0.05, 0.1) is 56.1 Å². The van der Waals surface area contributed by atoms with Gasteiger partial charge in [-0.15, -0.1) is 27.1 Å². The summed E-state index contributed by atoms with van der Waals surface area (Å²) in [5, 5.41) is 6.44. The molecule has 436 valence electrons. The number of fused-ring (bicyclic) bond motifs is 1. The van der Waals surface area contributed by atoms with Crippen LogP contribution in [-0.4, -0.2) is 169 Å². The summed E-state index contributed by atoms with van der Waals surface area (Å²) >= 11 is 0. The molecule has 1 amide bonds. The molecular formula is C46H56N8O21P3S3+3. The number of benzene rings is 3. The van der Waals surface area contributed by atoms with E-state index in [4.69, 9.17) is 50.8 Å². The average Bonchev–Trinajstić information content (AvgIpc) is 4.10. The first-order valence-corrected chi connectivity index (χ1v) is 33.7. The number of azide groups is 1. The number of nitrogens with zero attached hydrogens (tertiary/aromatic N) is 7. The molecule has 3 aromatic carbocycles. The second kappa shape index (κ2) is 29.8. The zero-order valence-corrected chi connectivity index (χ0v) is 48.5. The summed E-state index contributed by atoms with van der Waals surface area (Å²) < 4.78 is 182. The number of hydrogen-bond acceptors (Lipinski definition) is 25. The molecule has 0 radical (unpaired) electrons. The first-order valence-electron chi connectivity index (χ1n) is 24.3.